The van der Waals surface area contributed by atoms with E-state index in [0.717, 1.165) is 25.9 Å². The minimum atomic E-state index is -0.0456. The largest absolute Gasteiger partial charge is 0.377 e. The maximum atomic E-state index is 10.6. The Bertz CT molecular complexity index is 338. The van der Waals surface area contributed by atoms with Crippen molar-refractivity contribution in [3.8, 4) is 0 Å². The summed E-state index contributed by atoms with van der Waals surface area (Å²) >= 11 is 0. The first-order valence-corrected chi connectivity index (χ1v) is 9.54. The van der Waals surface area contributed by atoms with Crippen LogP contribution in [-0.2, 0) is 28.5 Å². The third kappa shape index (κ3) is 14.4. The van der Waals surface area contributed by atoms with Gasteiger partial charge >= 0.3 is 0 Å². The monoisotopic (exact) mass is 376 g/mol. The van der Waals surface area contributed by atoms with E-state index in [9.17, 15) is 4.79 Å². The lowest BCUT2D eigenvalue weighted by Crippen LogP contribution is -2.34. The van der Waals surface area contributed by atoms with Gasteiger partial charge in [0, 0.05) is 26.6 Å². The molecule has 1 rings (SSSR count). The van der Waals surface area contributed by atoms with Gasteiger partial charge in [0.1, 0.15) is 0 Å². The molecule has 0 aromatic heterocycles. The second kappa shape index (κ2) is 16.4. The number of piperidine rings is 1. The van der Waals surface area contributed by atoms with Crippen molar-refractivity contribution in [2.75, 3.05) is 86.1 Å². The van der Waals surface area contributed by atoms with E-state index in [1.807, 2.05) is 0 Å². The van der Waals surface area contributed by atoms with Crippen molar-refractivity contribution in [3.63, 3.8) is 0 Å². The number of hydrogen-bond acceptors (Lipinski definition) is 7. The molecule has 8 nitrogen and oxygen atoms in total. The number of amides is 1. The van der Waals surface area contributed by atoms with E-state index in [0.29, 0.717) is 72.1 Å². The Labute approximate surface area is 157 Å². The normalized spacial score (nSPS) is 16.1. The minimum absolute atomic E-state index is 0.0456. The first kappa shape index (κ1) is 23.3. The molecule has 1 amide bonds. The van der Waals surface area contributed by atoms with Gasteiger partial charge in [0.25, 0.3) is 0 Å². The molecule has 1 fully saturated rings. The number of nitrogens with one attached hydrogen (secondary N) is 1. The highest BCUT2D eigenvalue weighted by molar-refractivity contribution is 5.72. The van der Waals surface area contributed by atoms with Gasteiger partial charge in [-0.2, -0.15) is 0 Å². The summed E-state index contributed by atoms with van der Waals surface area (Å²) in [5, 5.41) is 2.66. The summed E-state index contributed by atoms with van der Waals surface area (Å²) < 4.78 is 27.4. The Kier molecular flexibility index (Phi) is 14.7. The van der Waals surface area contributed by atoms with Gasteiger partial charge in [-0.25, -0.2) is 0 Å². The molecule has 154 valence electrons. The van der Waals surface area contributed by atoms with Gasteiger partial charge in [-0.15, -0.1) is 0 Å². The number of likely N-dealkylation sites (tertiary alicyclic amines) is 1. The second-order valence-corrected chi connectivity index (χ2v) is 6.31. The molecule has 0 aromatic rings. The quantitative estimate of drug-likeness (QED) is 0.388. The van der Waals surface area contributed by atoms with Crippen LogP contribution in [0.4, 0.5) is 0 Å². The molecule has 0 radical (unpaired) electrons. The summed E-state index contributed by atoms with van der Waals surface area (Å²) in [5.41, 5.74) is 0. The third-order valence-corrected chi connectivity index (χ3v) is 3.98. The van der Waals surface area contributed by atoms with Crippen LogP contribution in [0.3, 0.4) is 0 Å². The number of ether oxygens (including phenoxy) is 5. The van der Waals surface area contributed by atoms with Crippen molar-refractivity contribution >= 4 is 5.91 Å². The zero-order chi connectivity index (χ0) is 18.9. The predicted octanol–water partition coefficient (Wildman–Crippen LogP) is 0.300. The number of carbonyl (C=O) groups is 1. The smallest absolute Gasteiger partial charge is 0.216 e. The van der Waals surface area contributed by atoms with Gasteiger partial charge in [-0.1, -0.05) is 0 Å². The van der Waals surface area contributed by atoms with Crippen LogP contribution in [0.15, 0.2) is 0 Å². The molecule has 0 aromatic carbocycles. The molecule has 8 heteroatoms. The molecule has 0 atom stereocenters. The zero-order valence-corrected chi connectivity index (χ0v) is 16.4. The van der Waals surface area contributed by atoms with Gasteiger partial charge in [0.15, 0.2) is 0 Å². The van der Waals surface area contributed by atoms with Crippen molar-refractivity contribution < 1.29 is 28.5 Å². The highest BCUT2D eigenvalue weighted by Gasteiger charge is 2.16. The lowest BCUT2D eigenvalue weighted by Gasteiger charge is -2.28. The minimum Gasteiger partial charge on any atom is -0.377 e. The van der Waals surface area contributed by atoms with Crippen LogP contribution >= 0.6 is 0 Å². The molecule has 0 unspecified atom stereocenters. The summed E-state index contributed by atoms with van der Waals surface area (Å²) in [5.74, 6) is -0.0456. The summed E-state index contributed by atoms with van der Waals surface area (Å²) in [4.78, 5) is 13.0. The van der Waals surface area contributed by atoms with Crippen molar-refractivity contribution in [2.24, 2.45) is 0 Å². The van der Waals surface area contributed by atoms with Crippen LogP contribution < -0.4 is 5.32 Å². The Morgan fingerprint density at radius 2 is 1.31 bits per heavy atom. The maximum absolute atomic E-state index is 10.6. The second-order valence-electron chi connectivity index (χ2n) is 6.31. The van der Waals surface area contributed by atoms with Gasteiger partial charge in [0.2, 0.25) is 5.91 Å². The number of hydrogen-bond donors (Lipinski definition) is 1. The van der Waals surface area contributed by atoms with Gasteiger partial charge < -0.3 is 33.9 Å². The van der Waals surface area contributed by atoms with Crippen LogP contribution in [0.5, 0.6) is 0 Å². The number of nitrogens with zero attached hydrogens (tertiary/aromatic N) is 1. The van der Waals surface area contributed by atoms with E-state index < -0.39 is 0 Å². The van der Waals surface area contributed by atoms with Crippen LogP contribution in [0, 0.1) is 0 Å². The zero-order valence-electron chi connectivity index (χ0n) is 16.4. The van der Waals surface area contributed by atoms with Gasteiger partial charge in [0.05, 0.1) is 65.6 Å². The van der Waals surface area contributed by atoms with E-state index in [2.05, 4.69) is 17.3 Å². The fourth-order valence-corrected chi connectivity index (χ4v) is 2.49. The third-order valence-electron chi connectivity index (χ3n) is 3.98. The number of rotatable bonds is 16. The average Bonchev–Trinajstić information content (AvgIpc) is 2.62. The standard InChI is InChI=1S/C18H36N2O6/c1-17(21)19-5-8-22-9-10-23-11-12-24-13-14-25-15-16-26-18-3-6-20(2)7-4-18/h18H,3-16H2,1-2H3,(H,19,21). The highest BCUT2D eigenvalue weighted by Crippen LogP contribution is 2.11. The SMILES string of the molecule is CC(=O)NCCOCCOCCOCCOCCOC1CCN(C)CC1. The molecule has 1 N–H and O–H groups in total. The topological polar surface area (TPSA) is 78.5 Å². The van der Waals surface area contributed by atoms with Gasteiger partial charge in [-0.3, -0.25) is 4.79 Å². The van der Waals surface area contributed by atoms with E-state index in [1.165, 1.54) is 6.92 Å². The molecule has 1 aliphatic heterocycles. The Hall–Kier alpha value is -0.770. The molecule has 0 bridgehead atoms. The molecule has 1 heterocycles. The van der Waals surface area contributed by atoms with Crippen LogP contribution in [-0.4, -0.2) is 103 Å². The Morgan fingerprint density at radius 3 is 1.81 bits per heavy atom. The van der Waals surface area contributed by atoms with E-state index in [-0.39, 0.29) is 5.91 Å². The summed E-state index contributed by atoms with van der Waals surface area (Å²) in [6, 6.07) is 0. The first-order chi connectivity index (χ1) is 12.7. The Balaban J connectivity index is 1.69. The molecule has 0 spiro atoms. The molecule has 0 aliphatic carbocycles. The number of carbonyl (C=O) groups excluding carboxylic acids is 1. The van der Waals surface area contributed by atoms with E-state index >= 15 is 0 Å². The lowest BCUT2D eigenvalue weighted by atomic mass is 10.1. The first-order valence-electron chi connectivity index (χ1n) is 9.54. The highest BCUT2D eigenvalue weighted by atomic mass is 16.6. The molecular weight excluding hydrogens is 340 g/mol. The molecule has 26 heavy (non-hydrogen) atoms. The van der Waals surface area contributed by atoms with E-state index in [4.69, 9.17) is 23.7 Å². The molecule has 1 saturated heterocycles. The summed E-state index contributed by atoms with van der Waals surface area (Å²) in [6.07, 6.45) is 2.61. The summed E-state index contributed by atoms with van der Waals surface area (Å²) in [6.45, 7) is 9.26. The van der Waals surface area contributed by atoms with Crippen molar-refractivity contribution in [3.05, 3.63) is 0 Å². The van der Waals surface area contributed by atoms with Crippen molar-refractivity contribution in [1.82, 2.24) is 10.2 Å². The fourth-order valence-electron chi connectivity index (χ4n) is 2.49. The van der Waals surface area contributed by atoms with Gasteiger partial charge in [-0.05, 0) is 19.9 Å². The lowest BCUT2D eigenvalue weighted by molar-refractivity contribution is -0.119. The fraction of sp³-hybridized carbons (Fsp3) is 0.944. The van der Waals surface area contributed by atoms with Crippen molar-refractivity contribution in [2.45, 2.75) is 25.9 Å². The molecular formula is C18H36N2O6. The predicted molar refractivity (Wildman–Crippen MR) is 98.4 cm³/mol. The molecule has 1 aliphatic rings. The summed E-state index contributed by atoms with van der Waals surface area (Å²) in [7, 11) is 2.15. The average molecular weight is 376 g/mol. The van der Waals surface area contributed by atoms with Crippen molar-refractivity contribution in [1.29, 1.82) is 0 Å². The van der Waals surface area contributed by atoms with Crippen LogP contribution in [0.2, 0.25) is 0 Å². The van der Waals surface area contributed by atoms with Crippen LogP contribution in [0.25, 0.3) is 0 Å². The Morgan fingerprint density at radius 1 is 0.846 bits per heavy atom. The van der Waals surface area contributed by atoms with Crippen LogP contribution in [0.1, 0.15) is 19.8 Å². The molecule has 0 saturated carbocycles. The van der Waals surface area contributed by atoms with E-state index in [1.54, 1.807) is 0 Å². The maximum Gasteiger partial charge on any atom is 0.216 e.